The minimum Gasteiger partial charge on any atom is -0.481 e. The maximum Gasteiger partial charge on any atom is 0.309 e. The first-order valence-corrected chi connectivity index (χ1v) is 5.58. The molecule has 0 bridgehead atoms. The number of ether oxygens (including phenoxy) is 1. The molecule has 2 atom stereocenters. The number of rotatable bonds is 4. The summed E-state index contributed by atoms with van der Waals surface area (Å²) in [6.07, 6.45) is 4.68. The minimum atomic E-state index is -0.785. The van der Waals surface area contributed by atoms with Crippen LogP contribution in [0.3, 0.4) is 0 Å². The summed E-state index contributed by atoms with van der Waals surface area (Å²) in [5, 5.41) is 9.09. The van der Waals surface area contributed by atoms with Crippen LogP contribution in [0.5, 0.6) is 0 Å². The van der Waals surface area contributed by atoms with Crippen LogP contribution in [0.2, 0.25) is 0 Å². The Kier molecular flexibility index (Phi) is 3.24. The molecule has 0 saturated carbocycles. The summed E-state index contributed by atoms with van der Waals surface area (Å²) in [6, 6.07) is 0. The van der Waals surface area contributed by atoms with Gasteiger partial charge in [0.15, 0.2) is 0 Å². The Morgan fingerprint density at radius 1 is 1.75 bits per heavy atom. The Hall–Kier alpha value is -1.36. The number of aromatic nitrogens is 2. The molecule has 0 amide bonds. The largest absolute Gasteiger partial charge is 0.481 e. The molecule has 1 aromatic heterocycles. The second-order valence-corrected chi connectivity index (χ2v) is 4.04. The van der Waals surface area contributed by atoms with E-state index in [2.05, 4.69) is 11.9 Å². The maximum absolute atomic E-state index is 11.1. The molecule has 0 aromatic carbocycles. The van der Waals surface area contributed by atoms with Crippen LogP contribution in [0, 0.1) is 5.92 Å². The van der Waals surface area contributed by atoms with Gasteiger partial charge in [-0.05, 0) is 12.8 Å². The molecule has 5 heteroatoms. The van der Waals surface area contributed by atoms with Crippen LogP contribution >= 0.6 is 0 Å². The Labute approximate surface area is 94.1 Å². The summed E-state index contributed by atoms with van der Waals surface area (Å²) in [7, 11) is 0. The molecule has 1 aliphatic rings. The fraction of sp³-hybridized carbons (Fsp3) is 0.636. The number of carbonyl (C=O) groups is 1. The van der Waals surface area contributed by atoms with E-state index in [0.29, 0.717) is 13.0 Å². The zero-order valence-corrected chi connectivity index (χ0v) is 9.30. The summed E-state index contributed by atoms with van der Waals surface area (Å²) >= 11 is 0. The zero-order chi connectivity index (χ0) is 11.5. The second-order valence-electron chi connectivity index (χ2n) is 4.04. The first kappa shape index (κ1) is 11.1. The quantitative estimate of drug-likeness (QED) is 0.840. The van der Waals surface area contributed by atoms with Crippen LogP contribution in [0.4, 0.5) is 0 Å². The van der Waals surface area contributed by atoms with Gasteiger partial charge in [0, 0.05) is 13.2 Å². The number of nitrogens with zero attached hydrogens (tertiary/aromatic N) is 2. The number of carboxylic acid groups (broad SMARTS) is 1. The molecule has 2 rings (SSSR count). The highest BCUT2D eigenvalue weighted by Gasteiger charge is 2.36. The predicted octanol–water partition coefficient (Wildman–Crippen LogP) is 1.46. The number of aryl methyl sites for hydroxylation is 1. The van der Waals surface area contributed by atoms with Gasteiger partial charge in [0.2, 0.25) is 0 Å². The normalized spacial score (nSPS) is 24.8. The van der Waals surface area contributed by atoms with Gasteiger partial charge in [-0.25, -0.2) is 4.98 Å². The van der Waals surface area contributed by atoms with Gasteiger partial charge >= 0.3 is 5.97 Å². The summed E-state index contributed by atoms with van der Waals surface area (Å²) in [6.45, 7) is 3.44. The van der Waals surface area contributed by atoms with Crippen molar-refractivity contribution in [1.82, 2.24) is 9.55 Å². The molecular weight excluding hydrogens is 208 g/mol. The van der Waals surface area contributed by atoms with Gasteiger partial charge in [-0.1, -0.05) is 6.92 Å². The van der Waals surface area contributed by atoms with Crippen LogP contribution in [-0.2, 0) is 16.1 Å². The number of aliphatic carboxylic acids is 1. The lowest BCUT2D eigenvalue weighted by Gasteiger charge is -2.16. The zero-order valence-electron chi connectivity index (χ0n) is 9.30. The van der Waals surface area contributed by atoms with Gasteiger partial charge in [0.25, 0.3) is 0 Å². The third-order valence-electron chi connectivity index (χ3n) is 2.91. The van der Waals surface area contributed by atoms with Crippen molar-refractivity contribution in [3.63, 3.8) is 0 Å². The van der Waals surface area contributed by atoms with E-state index < -0.39 is 11.9 Å². The van der Waals surface area contributed by atoms with Crippen LogP contribution in [0.25, 0.3) is 0 Å². The van der Waals surface area contributed by atoms with Crippen molar-refractivity contribution in [2.24, 2.45) is 5.92 Å². The molecule has 2 unspecified atom stereocenters. The third-order valence-corrected chi connectivity index (χ3v) is 2.91. The van der Waals surface area contributed by atoms with Gasteiger partial charge in [-0.2, -0.15) is 0 Å². The Bertz CT molecular complexity index is 375. The van der Waals surface area contributed by atoms with Crippen molar-refractivity contribution in [2.45, 2.75) is 32.4 Å². The number of hydrogen-bond acceptors (Lipinski definition) is 3. The average molecular weight is 224 g/mol. The Morgan fingerprint density at radius 3 is 3.25 bits per heavy atom. The molecule has 0 aliphatic carbocycles. The summed E-state index contributed by atoms with van der Waals surface area (Å²) in [4.78, 5) is 15.1. The molecule has 1 aromatic rings. The van der Waals surface area contributed by atoms with Crippen LogP contribution in [-0.4, -0.2) is 27.2 Å². The van der Waals surface area contributed by atoms with Crippen LogP contribution < -0.4 is 0 Å². The van der Waals surface area contributed by atoms with Crippen molar-refractivity contribution in [3.8, 4) is 0 Å². The van der Waals surface area contributed by atoms with Crippen molar-refractivity contribution >= 4 is 5.97 Å². The number of hydrogen-bond donors (Lipinski definition) is 1. The molecule has 88 valence electrons. The van der Waals surface area contributed by atoms with Gasteiger partial charge in [-0.3, -0.25) is 4.79 Å². The van der Waals surface area contributed by atoms with E-state index in [0.717, 1.165) is 18.7 Å². The van der Waals surface area contributed by atoms with E-state index in [9.17, 15) is 4.79 Å². The maximum atomic E-state index is 11.1. The van der Waals surface area contributed by atoms with E-state index >= 15 is 0 Å². The molecular formula is C11H16N2O3. The van der Waals surface area contributed by atoms with Crippen LogP contribution in [0.1, 0.15) is 31.6 Å². The van der Waals surface area contributed by atoms with Crippen molar-refractivity contribution < 1.29 is 14.6 Å². The summed E-state index contributed by atoms with van der Waals surface area (Å²) in [5.41, 5.74) is 0.881. The first-order chi connectivity index (χ1) is 7.74. The van der Waals surface area contributed by atoms with Gasteiger partial charge in [0.1, 0.15) is 6.10 Å². The monoisotopic (exact) mass is 224 g/mol. The highest BCUT2D eigenvalue weighted by Crippen LogP contribution is 2.34. The van der Waals surface area contributed by atoms with E-state index in [1.807, 2.05) is 4.57 Å². The van der Waals surface area contributed by atoms with E-state index in [-0.39, 0.29) is 6.10 Å². The first-order valence-electron chi connectivity index (χ1n) is 5.58. The summed E-state index contributed by atoms with van der Waals surface area (Å²) in [5.74, 6) is -1.22. The number of imidazole rings is 1. The van der Waals surface area contributed by atoms with Crippen LogP contribution in [0.15, 0.2) is 12.5 Å². The highest BCUT2D eigenvalue weighted by atomic mass is 16.5. The van der Waals surface area contributed by atoms with Crippen molar-refractivity contribution in [2.75, 3.05) is 6.61 Å². The molecule has 5 nitrogen and oxygen atoms in total. The molecule has 2 heterocycles. The van der Waals surface area contributed by atoms with Gasteiger partial charge in [-0.15, -0.1) is 0 Å². The molecule has 1 aliphatic heterocycles. The lowest BCUT2D eigenvalue weighted by atomic mass is 9.99. The molecule has 1 saturated heterocycles. The smallest absolute Gasteiger partial charge is 0.309 e. The molecule has 0 radical (unpaired) electrons. The van der Waals surface area contributed by atoms with E-state index in [4.69, 9.17) is 9.84 Å². The molecule has 16 heavy (non-hydrogen) atoms. The van der Waals surface area contributed by atoms with Gasteiger partial charge < -0.3 is 14.4 Å². The summed E-state index contributed by atoms with van der Waals surface area (Å²) < 4.78 is 7.49. The third kappa shape index (κ3) is 1.95. The molecule has 0 spiro atoms. The van der Waals surface area contributed by atoms with E-state index in [1.165, 1.54) is 0 Å². The highest BCUT2D eigenvalue weighted by molar-refractivity contribution is 5.71. The standard InChI is InChI=1S/C11H16N2O3/c1-2-4-13-7-12-6-9(13)10-8(11(14)15)3-5-16-10/h6-8,10H,2-5H2,1H3,(H,14,15). The average Bonchev–Trinajstić information content (AvgIpc) is 2.83. The minimum absolute atomic E-state index is 0.341. The number of carboxylic acids is 1. The lowest BCUT2D eigenvalue weighted by Crippen LogP contribution is -2.20. The van der Waals surface area contributed by atoms with Crippen molar-refractivity contribution in [1.29, 1.82) is 0 Å². The fourth-order valence-corrected chi connectivity index (χ4v) is 2.13. The fourth-order valence-electron chi connectivity index (χ4n) is 2.13. The Morgan fingerprint density at radius 2 is 2.56 bits per heavy atom. The van der Waals surface area contributed by atoms with E-state index in [1.54, 1.807) is 12.5 Å². The molecule has 1 fully saturated rings. The van der Waals surface area contributed by atoms with Gasteiger partial charge in [0.05, 0.1) is 24.1 Å². The SMILES string of the molecule is CCCn1cncc1C1OCCC1C(=O)O. The molecule has 1 N–H and O–H groups in total. The topological polar surface area (TPSA) is 64.4 Å². The second kappa shape index (κ2) is 4.65. The lowest BCUT2D eigenvalue weighted by molar-refractivity contribution is -0.143. The predicted molar refractivity (Wildman–Crippen MR) is 57.0 cm³/mol. The van der Waals surface area contributed by atoms with Crippen molar-refractivity contribution in [3.05, 3.63) is 18.2 Å². The Balaban J connectivity index is 2.22.